The van der Waals surface area contributed by atoms with Gasteiger partial charge in [-0.15, -0.1) is 0 Å². The van der Waals surface area contributed by atoms with Gasteiger partial charge in [-0.05, 0) is 43.2 Å². The normalized spacial score (nSPS) is 12.3. The van der Waals surface area contributed by atoms with Crippen LogP contribution in [0.25, 0.3) is 16.8 Å². The molecule has 23 heavy (non-hydrogen) atoms. The number of halogens is 1. The average molecular weight is 308 g/mol. The molecule has 1 aromatic heterocycles. The van der Waals surface area contributed by atoms with Crippen molar-refractivity contribution >= 4 is 0 Å². The molecule has 1 heterocycles. The minimum atomic E-state index is -0.234. The lowest BCUT2D eigenvalue weighted by Crippen LogP contribution is -1.98. The van der Waals surface area contributed by atoms with Gasteiger partial charge in [-0.2, -0.15) is 5.10 Å². The Morgan fingerprint density at radius 1 is 1.04 bits per heavy atom. The van der Waals surface area contributed by atoms with Crippen LogP contribution >= 0.6 is 0 Å². The summed E-state index contributed by atoms with van der Waals surface area (Å²) in [7, 11) is 0. The zero-order valence-corrected chi connectivity index (χ0v) is 13.8. The SMILES string of the molecule is CCC(C)c1nn(-c2ccc(F)cc2)cc1-c1ccc(C)cc1. The monoisotopic (exact) mass is 308 g/mol. The average Bonchev–Trinajstić information content (AvgIpc) is 3.00. The van der Waals surface area contributed by atoms with E-state index in [1.807, 2.05) is 10.9 Å². The van der Waals surface area contributed by atoms with E-state index in [-0.39, 0.29) is 5.82 Å². The van der Waals surface area contributed by atoms with Gasteiger partial charge in [-0.3, -0.25) is 0 Å². The molecule has 3 rings (SSSR count). The summed E-state index contributed by atoms with van der Waals surface area (Å²) >= 11 is 0. The molecular formula is C20H21FN2. The molecule has 0 aliphatic carbocycles. The maximum atomic E-state index is 13.1. The number of aryl methyl sites for hydroxylation is 1. The molecule has 0 aliphatic rings. The number of hydrogen-bond acceptors (Lipinski definition) is 1. The predicted octanol–water partition coefficient (Wildman–Crippen LogP) is 5.50. The third-order valence-electron chi connectivity index (χ3n) is 4.28. The molecule has 1 unspecified atom stereocenters. The van der Waals surface area contributed by atoms with Crippen LogP contribution in [0.15, 0.2) is 54.7 Å². The summed E-state index contributed by atoms with van der Waals surface area (Å²) in [6.45, 7) is 6.44. The number of nitrogens with zero attached hydrogens (tertiary/aromatic N) is 2. The molecule has 2 aromatic carbocycles. The highest BCUT2D eigenvalue weighted by Crippen LogP contribution is 2.31. The molecule has 0 amide bonds. The summed E-state index contributed by atoms with van der Waals surface area (Å²) in [5, 5.41) is 4.77. The standard InChI is InChI=1S/C20H21FN2/c1-4-15(3)20-19(16-7-5-14(2)6-8-16)13-23(22-20)18-11-9-17(21)10-12-18/h5-13,15H,4H2,1-3H3. The van der Waals surface area contributed by atoms with Crippen LogP contribution in [0.4, 0.5) is 4.39 Å². The molecule has 3 heteroatoms. The highest BCUT2D eigenvalue weighted by Gasteiger charge is 2.16. The Kier molecular flexibility index (Phi) is 4.28. The van der Waals surface area contributed by atoms with E-state index in [0.29, 0.717) is 5.92 Å². The zero-order chi connectivity index (χ0) is 16.4. The van der Waals surface area contributed by atoms with Crippen LogP contribution < -0.4 is 0 Å². The van der Waals surface area contributed by atoms with Crippen molar-refractivity contribution in [1.82, 2.24) is 9.78 Å². The molecule has 0 N–H and O–H groups in total. The Hall–Kier alpha value is -2.42. The molecule has 0 spiro atoms. The smallest absolute Gasteiger partial charge is 0.123 e. The first-order valence-electron chi connectivity index (χ1n) is 8.01. The van der Waals surface area contributed by atoms with Crippen LogP contribution in [0.3, 0.4) is 0 Å². The summed E-state index contributed by atoms with van der Waals surface area (Å²) in [4.78, 5) is 0. The predicted molar refractivity (Wildman–Crippen MR) is 92.4 cm³/mol. The van der Waals surface area contributed by atoms with E-state index in [0.717, 1.165) is 23.4 Å². The van der Waals surface area contributed by atoms with E-state index < -0.39 is 0 Å². The first-order chi connectivity index (χ1) is 11.1. The van der Waals surface area contributed by atoms with Crippen LogP contribution in [0.5, 0.6) is 0 Å². The van der Waals surface area contributed by atoms with Crippen molar-refractivity contribution < 1.29 is 4.39 Å². The number of rotatable bonds is 4. The minimum Gasteiger partial charge on any atom is -0.240 e. The topological polar surface area (TPSA) is 17.8 Å². The van der Waals surface area contributed by atoms with E-state index in [2.05, 4.69) is 45.0 Å². The molecule has 1 atom stereocenters. The Morgan fingerprint density at radius 3 is 2.30 bits per heavy atom. The lowest BCUT2D eigenvalue weighted by Gasteiger charge is -2.08. The maximum Gasteiger partial charge on any atom is 0.123 e. The van der Waals surface area contributed by atoms with Crippen LogP contribution in [0, 0.1) is 12.7 Å². The van der Waals surface area contributed by atoms with Gasteiger partial charge in [0.2, 0.25) is 0 Å². The van der Waals surface area contributed by atoms with E-state index in [4.69, 9.17) is 5.10 Å². The minimum absolute atomic E-state index is 0.234. The molecule has 0 saturated carbocycles. The van der Waals surface area contributed by atoms with E-state index >= 15 is 0 Å². The van der Waals surface area contributed by atoms with Crippen molar-refractivity contribution in [2.75, 3.05) is 0 Å². The molecule has 0 aliphatic heterocycles. The lowest BCUT2D eigenvalue weighted by atomic mass is 9.97. The van der Waals surface area contributed by atoms with Crippen molar-refractivity contribution in [3.8, 4) is 16.8 Å². The third kappa shape index (κ3) is 3.19. The van der Waals surface area contributed by atoms with Crippen molar-refractivity contribution in [2.24, 2.45) is 0 Å². The van der Waals surface area contributed by atoms with Gasteiger partial charge >= 0.3 is 0 Å². The fourth-order valence-electron chi connectivity index (χ4n) is 2.63. The Bertz CT molecular complexity index is 786. The van der Waals surface area contributed by atoms with Crippen LogP contribution in [0.2, 0.25) is 0 Å². The van der Waals surface area contributed by atoms with Gasteiger partial charge in [0.25, 0.3) is 0 Å². The van der Waals surface area contributed by atoms with Gasteiger partial charge < -0.3 is 0 Å². The van der Waals surface area contributed by atoms with E-state index in [1.165, 1.54) is 23.3 Å². The Balaban J connectivity index is 2.10. The summed E-state index contributed by atoms with van der Waals surface area (Å²) in [6.07, 6.45) is 3.07. The van der Waals surface area contributed by atoms with E-state index in [1.54, 1.807) is 12.1 Å². The third-order valence-corrected chi connectivity index (χ3v) is 4.28. The van der Waals surface area contributed by atoms with Crippen LogP contribution in [-0.4, -0.2) is 9.78 Å². The molecule has 3 aromatic rings. The molecule has 0 saturated heterocycles. The van der Waals surface area contributed by atoms with Gasteiger partial charge in [0.15, 0.2) is 0 Å². The van der Waals surface area contributed by atoms with Crippen molar-refractivity contribution in [2.45, 2.75) is 33.1 Å². The summed E-state index contributed by atoms with van der Waals surface area (Å²) in [5.74, 6) is 0.134. The first-order valence-corrected chi connectivity index (χ1v) is 8.01. The van der Waals surface area contributed by atoms with Crippen molar-refractivity contribution in [3.05, 3.63) is 71.8 Å². The second-order valence-corrected chi connectivity index (χ2v) is 6.02. The number of benzene rings is 2. The van der Waals surface area contributed by atoms with E-state index in [9.17, 15) is 4.39 Å². The molecule has 118 valence electrons. The molecule has 0 radical (unpaired) electrons. The van der Waals surface area contributed by atoms with Gasteiger partial charge in [-0.1, -0.05) is 43.7 Å². The van der Waals surface area contributed by atoms with Crippen LogP contribution in [-0.2, 0) is 0 Å². The van der Waals surface area contributed by atoms with Gasteiger partial charge in [-0.25, -0.2) is 9.07 Å². The second kappa shape index (κ2) is 6.37. The van der Waals surface area contributed by atoms with Gasteiger partial charge in [0, 0.05) is 17.7 Å². The summed E-state index contributed by atoms with van der Waals surface area (Å²) < 4.78 is 15.0. The lowest BCUT2D eigenvalue weighted by molar-refractivity contribution is 0.626. The van der Waals surface area contributed by atoms with Crippen LogP contribution in [0.1, 0.15) is 37.4 Å². The highest BCUT2D eigenvalue weighted by atomic mass is 19.1. The Labute approximate surface area is 136 Å². The Morgan fingerprint density at radius 2 is 1.70 bits per heavy atom. The zero-order valence-electron chi connectivity index (χ0n) is 13.8. The molecular weight excluding hydrogens is 287 g/mol. The summed E-state index contributed by atoms with van der Waals surface area (Å²) in [5.41, 5.74) is 5.50. The number of aromatic nitrogens is 2. The maximum absolute atomic E-state index is 13.1. The number of hydrogen-bond donors (Lipinski definition) is 0. The molecule has 0 bridgehead atoms. The van der Waals surface area contributed by atoms with Crippen molar-refractivity contribution in [3.63, 3.8) is 0 Å². The first kappa shape index (κ1) is 15.5. The highest BCUT2D eigenvalue weighted by molar-refractivity contribution is 5.67. The molecule has 0 fully saturated rings. The summed E-state index contributed by atoms with van der Waals surface area (Å²) in [6, 6.07) is 14.9. The van der Waals surface area contributed by atoms with Gasteiger partial charge in [0.05, 0.1) is 11.4 Å². The van der Waals surface area contributed by atoms with Crippen molar-refractivity contribution in [1.29, 1.82) is 0 Å². The molecule has 2 nitrogen and oxygen atoms in total. The second-order valence-electron chi connectivity index (χ2n) is 6.02. The van der Waals surface area contributed by atoms with Gasteiger partial charge in [0.1, 0.15) is 5.82 Å². The quantitative estimate of drug-likeness (QED) is 0.622. The largest absolute Gasteiger partial charge is 0.240 e. The fourth-order valence-corrected chi connectivity index (χ4v) is 2.63. The fraction of sp³-hybridized carbons (Fsp3) is 0.250.